The van der Waals surface area contributed by atoms with E-state index >= 15 is 0 Å². The molecule has 0 fully saturated rings. The van der Waals surface area contributed by atoms with Gasteiger partial charge in [0.05, 0.1) is 22.7 Å². The number of anilines is 7. The summed E-state index contributed by atoms with van der Waals surface area (Å²) in [5.74, 6) is 0. The van der Waals surface area contributed by atoms with Crippen molar-refractivity contribution in [2.45, 2.75) is 64.8 Å². The number of para-hydroxylation sites is 4. The minimum Gasteiger partial charge on any atom is -0.453 e. The van der Waals surface area contributed by atoms with Crippen molar-refractivity contribution >= 4 is 116 Å². The zero-order valence-electron chi connectivity index (χ0n) is 44.0. The number of rotatable bonds is 13. The zero-order valence-corrected chi connectivity index (χ0v) is 44.0. The summed E-state index contributed by atoms with van der Waals surface area (Å²) < 4.78 is 14.5. The van der Waals surface area contributed by atoms with Gasteiger partial charge in [-0.15, -0.1) is 0 Å². The standard InChI is InChI=1S/C71H60N4O2/c1-5-7-39-73-60-36-21-35-56-66-50-30-17-14-23-44(50)40-62(69(66)77-68(56)60)74(46-25-10-8-11-26-46)48-37-38-53-57(42-48)71(3,4)58-43-61(51-31-18-19-32-52(51)64(53)58)75(47-27-12-9-13-28-47)63-41-45-24-15-16-29-49(45)65-55-34-20-33-54(59(72)22-6-2)67(55)76-70(63)65/h8-21,23-38,40-43,59,73H,5-7,22,39,72H2,1-4H3. The number of hydrogen-bond acceptors (Lipinski definition) is 6. The van der Waals surface area contributed by atoms with Crippen molar-refractivity contribution in [3.63, 3.8) is 0 Å². The molecule has 3 N–H and O–H groups in total. The highest BCUT2D eigenvalue weighted by molar-refractivity contribution is 6.26. The molecule has 14 rings (SSSR count). The molecule has 376 valence electrons. The first-order valence-electron chi connectivity index (χ1n) is 27.5. The largest absolute Gasteiger partial charge is 0.453 e. The molecule has 0 amide bonds. The Morgan fingerprint density at radius 1 is 0.468 bits per heavy atom. The van der Waals surface area contributed by atoms with Crippen LogP contribution in [0.25, 0.3) is 87.3 Å². The van der Waals surface area contributed by atoms with Gasteiger partial charge in [0.2, 0.25) is 0 Å². The van der Waals surface area contributed by atoms with Crippen LogP contribution in [0.1, 0.15) is 76.1 Å². The normalized spacial score (nSPS) is 13.3. The Morgan fingerprint density at radius 2 is 1.03 bits per heavy atom. The Hall–Kier alpha value is -8.84. The van der Waals surface area contributed by atoms with Gasteiger partial charge in [-0.3, -0.25) is 0 Å². The van der Waals surface area contributed by atoms with E-state index < -0.39 is 5.41 Å². The van der Waals surface area contributed by atoms with Gasteiger partial charge in [-0.05, 0) is 123 Å². The summed E-state index contributed by atoms with van der Waals surface area (Å²) in [6.07, 6.45) is 4.06. The molecule has 1 unspecified atom stereocenters. The van der Waals surface area contributed by atoms with Crippen LogP contribution in [-0.2, 0) is 5.41 Å². The first-order valence-corrected chi connectivity index (χ1v) is 27.5. The van der Waals surface area contributed by atoms with Crippen LogP contribution in [-0.4, -0.2) is 6.54 Å². The summed E-state index contributed by atoms with van der Waals surface area (Å²) in [5.41, 5.74) is 23.3. The highest BCUT2D eigenvalue weighted by Gasteiger charge is 2.39. The average molecular weight is 1000 g/mol. The van der Waals surface area contributed by atoms with Crippen LogP contribution in [0.5, 0.6) is 0 Å². The fraction of sp³-hybridized carbons (Fsp3) is 0.155. The lowest BCUT2D eigenvalue weighted by molar-refractivity contribution is 0.613. The predicted molar refractivity (Wildman–Crippen MR) is 326 cm³/mol. The molecule has 0 bridgehead atoms. The minimum atomic E-state index is -0.413. The van der Waals surface area contributed by atoms with E-state index in [2.05, 4.69) is 249 Å². The van der Waals surface area contributed by atoms with Crippen molar-refractivity contribution < 1.29 is 8.83 Å². The maximum absolute atomic E-state index is 7.28. The van der Waals surface area contributed by atoms with E-state index in [1.165, 1.54) is 33.0 Å². The molecule has 0 radical (unpaired) electrons. The molecular weight excluding hydrogens is 941 g/mol. The van der Waals surface area contributed by atoms with Gasteiger partial charge in [-0.1, -0.05) is 186 Å². The van der Waals surface area contributed by atoms with Crippen LogP contribution in [0.2, 0.25) is 0 Å². The lowest BCUT2D eigenvalue weighted by atomic mass is 9.81. The van der Waals surface area contributed by atoms with Crippen molar-refractivity contribution in [2.24, 2.45) is 5.73 Å². The van der Waals surface area contributed by atoms with E-state index in [-0.39, 0.29) is 6.04 Å². The first kappa shape index (κ1) is 46.7. The van der Waals surface area contributed by atoms with E-state index in [9.17, 15) is 0 Å². The summed E-state index contributed by atoms with van der Waals surface area (Å²) in [6.45, 7) is 10.1. The second kappa shape index (κ2) is 18.5. The average Bonchev–Trinajstić information content (AvgIpc) is 4.15. The quantitative estimate of drug-likeness (QED) is 0.112. The lowest BCUT2D eigenvalue weighted by Gasteiger charge is -2.30. The van der Waals surface area contributed by atoms with Crippen molar-refractivity contribution in [2.75, 3.05) is 21.7 Å². The molecule has 1 atom stereocenters. The maximum Gasteiger partial charge on any atom is 0.160 e. The molecule has 13 aromatic rings. The van der Waals surface area contributed by atoms with Crippen LogP contribution in [0, 0.1) is 0 Å². The molecule has 1 aliphatic carbocycles. The number of benzene rings is 11. The van der Waals surface area contributed by atoms with E-state index in [0.29, 0.717) is 0 Å². The minimum absolute atomic E-state index is 0.140. The van der Waals surface area contributed by atoms with Crippen LogP contribution in [0.3, 0.4) is 0 Å². The van der Waals surface area contributed by atoms with Crippen LogP contribution < -0.4 is 20.9 Å². The summed E-state index contributed by atoms with van der Waals surface area (Å²) in [6, 6.07) is 75.0. The van der Waals surface area contributed by atoms with Gasteiger partial charge in [-0.2, -0.15) is 0 Å². The first-order chi connectivity index (χ1) is 37.8. The van der Waals surface area contributed by atoms with E-state index in [1.54, 1.807) is 0 Å². The Labute approximate surface area is 448 Å². The van der Waals surface area contributed by atoms with E-state index in [1.807, 2.05) is 0 Å². The third kappa shape index (κ3) is 7.34. The highest BCUT2D eigenvalue weighted by atomic mass is 16.3. The van der Waals surface area contributed by atoms with Gasteiger partial charge in [0.25, 0.3) is 0 Å². The molecule has 6 nitrogen and oxygen atoms in total. The van der Waals surface area contributed by atoms with Gasteiger partial charge < -0.3 is 29.7 Å². The van der Waals surface area contributed by atoms with Gasteiger partial charge in [0.1, 0.15) is 5.58 Å². The topological polar surface area (TPSA) is 70.8 Å². The Morgan fingerprint density at radius 3 is 1.69 bits per heavy atom. The van der Waals surface area contributed by atoms with Crippen LogP contribution >= 0.6 is 0 Å². The van der Waals surface area contributed by atoms with Crippen molar-refractivity contribution in [1.82, 2.24) is 0 Å². The lowest BCUT2D eigenvalue weighted by Crippen LogP contribution is -2.18. The summed E-state index contributed by atoms with van der Waals surface area (Å²) >= 11 is 0. The molecule has 0 aliphatic heterocycles. The molecule has 1 aliphatic rings. The van der Waals surface area contributed by atoms with Gasteiger partial charge in [0, 0.05) is 67.6 Å². The zero-order chi connectivity index (χ0) is 51.9. The number of furan rings is 2. The molecule has 0 spiro atoms. The van der Waals surface area contributed by atoms with Crippen LogP contribution in [0.15, 0.2) is 215 Å². The Balaban J connectivity index is 0.984. The molecule has 0 saturated heterocycles. The van der Waals surface area contributed by atoms with Crippen molar-refractivity contribution in [1.29, 1.82) is 0 Å². The smallest absolute Gasteiger partial charge is 0.160 e. The number of fused-ring (bicyclic) bond motifs is 15. The van der Waals surface area contributed by atoms with E-state index in [0.717, 1.165) is 143 Å². The highest BCUT2D eigenvalue weighted by Crippen LogP contribution is 2.57. The monoisotopic (exact) mass is 1000 g/mol. The molecule has 2 heterocycles. The fourth-order valence-corrected chi connectivity index (χ4v) is 12.8. The second-order valence-electron chi connectivity index (χ2n) is 21.5. The van der Waals surface area contributed by atoms with Crippen LogP contribution in [0.4, 0.5) is 39.8 Å². The Kier molecular flexibility index (Phi) is 11.2. The Bertz CT molecular complexity index is 4440. The van der Waals surface area contributed by atoms with Gasteiger partial charge in [0.15, 0.2) is 16.7 Å². The molecule has 0 saturated carbocycles. The molecule has 11 aromatic carbocycles. The predicted octanol–water partition coefficient (Wildman–Crippen LogP) is 20.2. The fourth-order valence-electron chi connectivity index (χ4n) is 12.8. The van der Waals surface area contributed by atoms with Gasteiger partial charge >= 0.3 is 0 Å². The maximum atomic E-state index is 7.28. The summed E-state index contributed by atoms with van der Waals surface area (Å²) in [4.78, 5) is 4.84. The second-order valence-corrected chi connectivity index (χ2v) is 21.5. The number of nitrogens with zero attached hydrogens (tertiary/aromatic N) is 2. The van der Waals surface area contributed by atoms with Gasteiger partial charge in [-0.25, -0.2) is 0 Å². The molecule has 77 heavy (non-hydrogen) atoms. The van der Waals surface area contributed by atoms with Crippen molar-refractivity contribution in [3.05, 3.63) is 223 Å². The number of nitrogens with one attached hydrogen (secondary N) is 1. The number of hydrogen-bond donors (Lipinski definition) is 2. The number of unbranched alkanes of at least 4 members (excludes halogenated alkanes) is 1. The van der Waals surface area contributed by atoms with Crippen molar-refractivity contribution in [3.8, 4) is 11.1 Å². The SMILES string of the molecule is CCCCNc1cccc2c1oc1c(N(c3ccccc3)c3ccc4c(c3)C(C)(C)c3cc(N(c5ccccc5)c5cc6ccccc6c6c5oc5c(C(N)CCC)cccc56)c5ccccc5c3-4)cc3ccccc3c12. The summed E-state index contributed by atoms with van der Waals surface area (Å²) in [7, 11) is 0. The third-order valence-electron chi connectivity index (χ3n) is 16.5. The summed E-state index contributed by atoms with van der Waals surface area (Å²) in [5, 5.41) is 15.1. The molecule has 6 heteroatoms. The molecular formula is C71H60N4O2. The third-order valence-corrected chi connectivity index (χ3v) is 16.5. The van der Waals surface area contributed by atoms with E-state index in [4.69, 9.17) is 14.6 Å². The number of nitrogens with two attached hydrogens (primary N) is 1. The molecule has 2 aromatic heterocycles.